The molecule has 0 radical (unpaired) electrons. The second kappa shape index (κ2) is 10.4. The summed E-state index contributed by atoms with van der Waals surface area (Å²) in [6.07, 6.45) is -8.97. The molecule has 16 heteroatoms. The molecule has 0 bridgehead atoms. The minimum Gasteiger partial charge on any atom is -0.394 e. The van der Waals surface area contributed by atoms with Crippen molar-refractivity contribution in [1.29, 1.82) is 0 Å². The molecule has 0 aliphatic carbocycles. The Hall–Kier alpha value is -3.47. The van der Waals surface area contributed by atoms with Crippen molar-refractivity contribution in [3.63, 3.8) is 0 Å². The average Bonchev–Trinajstić information content (AvgIpc) is 3.67. The summed E-state index contributed by atoms with van der Waals surface area (Å²) in [7, 11) is 0. The van der Waals surface area contributed by atoms with Crippen molar-refractivity contribution in [3.8, 4) is 16.9 Å². The molecule has 2 aromatic carbocycles. The third kappa shape index (κ3) is 4.98. The van der Waals surface area contributed by atoms with Crippen LogP contribution in [-0.4, -0.2) is 75.0 Å². The van der Waals surface area contributed by atoms with E-state index in [4.69, 9.17) is 16.3 Å². The molecule has 0 unspecified atom stereocenters. The van der Waals surface area contributed by atoms with Gasteiger partial charge in [0.1, 0.15) is 42.0 Å². The quantitative estimate of drug-likeness (QED) is 0.273. The summed E-state index contributed by atoms with van der Waals surface area (Å²) in [5, 5.41) is 45.0. The Morgan fingerprint density at radius 1 is 1.12 bits per heavy atom. The van der Waals surface area contributed by atoms with Crippen LogP contribution >= 0.6 is 22.9 Å². The highest BCUT2D eigenvalue weighted by Crippen LogP contribution is 2.41. The van der Waals surface area contributed by atoms with Crippen LogP contribution in [0.15, 0.2) is 48.1 Å². The number of hydrogen-bond acceptors (Lipinski definition) is 10. The van der Waals surface area contributed by atoms with Crippen LogP contribution in [0, 0.1) is 6.92 Å². The van der Waals surface area contributed by atoms with Crippen molar-refractivity contribution in [2.75, 3.05) is 6.61 Å². The maximum absolute atomic E-state index is 13.9. The van der Waals surface area contributed by atoms with Crippen molar-refractivity contribution in [2.45, 2.75) is 43.6 Å². The molecule has 3 aromatic heterocycles. The molecule has 214 valence electrons. The number of aliphatic hydroxyl groups excluding tert-OH is 3. The minimum atomic E-state index is -4.76. The van der Waals surface area contributed by atoms with E-state index in [9.17, 15) is 28.5 Å². The van der Waals surface area contributed by atoms with Crippen molar-refractivity contribution in [2.24, 2.45) is 0 Å². The Kier molecular flexibility index (Phi) is 7.04. The highest BCUT2D eigenvalue weighted by molar-refractivity contribution is 7.16. The maximum atomic E-state index is 13.9. The first-order chi connectivity index (χ1) is 19.5. The lowest BCUT2D eigenvalue weighted by molar-refractivity contribution is -0.210. The van der Waals surface area contributed by atoms with Gasteiger partial charge in [0.2, 0.25) is 0 Å². The van der Waals surface area contributed by atoms with Crippen molar-refractivity contribution in [1.82, 2.24) is 34.7 Å². The van der Waals surface area contributed by atoms with Gasteiger partial charge in [-0.25, -0.2) is 19.3 Å². The van der Waals surface area contributed by atoms with Gasteiger partial charge in [-0.3, -0.25) is 0 Å². The van der Waals surface area contributed by atoms with Crippen LogP contribution in [0.3, 0.4) is 0 Å². The van der Waals surface area contributed by atoms with Gasteiger partial charge in [0.15, 0.2) is 5.82 Å². The van der Waals surface area contributed by atoms with E-state index < -0.39 is 54.5 Å². The average molecular weight is 608 g/mol. The summed E-state index contributed by atoms with van der Waals surface area (Å²) in [4.78, 5) is 8.51. The molecule has 5 aromatic rings. The number of ether oxygens (including phenoxy) is 1. The fourth-order valence-electron chi connectivity index (χ4n) is 4.91. The third-order valence-electron chi connectivity index (χ3n) is 6.82. The predicted octanol–water partition coefficient (Wildman–Crippen LogP) is 3.51. The fraction of sp³-hybridized carbons (Fsp3) is 0.320. The first kappa shape index (κ1) is 27.7. The zero-order valence-corrected chi connectivity index (χ0v) is 22.6. The van der Waals surface area contributed by atoms with Crippen LogP contribution in [0.4, 0.5) is 13.2 Å². The summed E-state index contributed by atoms with van der Waals surface area (Å²) >= 11 is 7.49. The van der Waals surface area contributed by atoms with Gasteiger partial charge in [-0.2, -0.15) is 18.3 Å². The van der Waals surface area contributed by atoms with Crippen LogP contribution in [0.1, 0.15) is 29.4 Å². The molecular weight excluding hydrogens is 587 g/mol. The Balaban J connectivity index is 1.41. The summed E-state index contributed by atoms with van der Waals surface area (Å²) < 4.78 is 50.6. The molecule has 0 saturated carbocycles. The number of thiazole rings is 1. The number of aryl methyl sites for hydroxylation is 1. The second-order valence-corrected chi connectivity index (χ2v) is 10.8. The van der Waals surface area contributed by atoms with E-state index in [1.807, 2.05) is 12.1 Å². The van der Waals surface area contributed by atoms with E-state index in [1.165, 1.54) is 29.1 Å². The number of aliphatic hydroxyl groups is 3. The molecule has 41 heavy (non-hydrogen) atoms. The van der Waals surface area contributed by atoms with E-state index in [0.29, 0.717) is 5.69 Å². The first-order valence-electron chi connectivity index (χ1n) is 12.2. The summed E-state index contributed by atoms with van der Waals surface area (Å²) in [5.74, 6) is -0.0947. The Labute approximate surface area is 238 Å². The van der Waals surface area contributed by atoms with Gasteiger partial charge in [0.25, 0.3) is 0 Å². The molecule has 1 saturated heterocycles. The number of rotatable bonds is 5. The van der Waals surface area contributed by atoms with Crippen LogP contribution in [-0.2, 0) is 10.9 Å². The Morgan fingerprint density at radius 2 is 1.93 bits per heavy atom. The Bertz CT molecular complexity index is 1720. The lowest BCUT2D eigenvalue weighted by atomic mass is 9.92. The maximum Gasteiger partial charge on any atom is 0.418 e. The molecule has 0 spiro atoms. The van der Waals surface area contributed by atoms with Gasteiger partial charge in [-0.05, 0) is 37.3 Å². The van der Waals surface area contributed by atoms with Crippen molar-refractivity contribution < 1.29 is 33.2 Å². The molecule has 1 fully saturated rings. The standard InChI is InChI=1S/C25H21ClF3N7O4S/c1-11-31-24(36(33-11)17-7-13(26)3-4-14(17)25(27,28)29)23-22(39)20(21(38)18(9-37)40-23)35-8-16(32-34-35)12-2-5-15-19(6-12)41-10-30-15/h2-8,10,18,20-23,37-39H,9H2,1H3/t18-,20+,21+,22-,23-/m1/s1. The van der Waals surface area contributed by atoms with Gasteiger partial charge in [0, 0.05) is 10.6 Å². The number of benzene rings is 2. The molecule has 4 heterocycles. The number of halogens is 4. The molecule has 3 N–H and O–H groups in total. The number of fused-ring (bicyclic) bond motifs is 1. The lowest BCUT2D eigenvalue weighted by Crippen LogP contribution is -2.53. The van der Waals surface area contributed by atoms with Crippen LogP contribution in [0.5, 0.6) is 0 Å². The van der Waals surface area contributed by atoms with Gasteiger partial charge in [-0.15, -0.1) is 16.4 Å². The molecule has 1 aliphatic heterocycles. The zero-order valence-electron chi connectivity index (χ0n) is 21.0. The minimum absolute atomic E-state index is 0.0189. The summed E-state index contributed by atoms with van der Waals surface area (Å²) in [5.41, 5.74) is 2.24. The number of aromatic nitrogens is 7. The second-order valence-electron chi connectivity index (χ2n) is 9.46. The van der Waals surface area contributed by atoms with Gasteiger partial charge in [-0.1, -0.05) is 22.9 Å². The monoisotopic (exact) mass is 607 g/mol. The van der Waals surface area contributed by atoms with E-state index in [-0.39, 0.29) is 16.7 Å². The normalized spacial score (nSPS) is 23.4. The molecule has 5 atom stereocenters. The largest absolute Gasteiger partial charge is 0.418 e. The smallest absolute Gasteiger partial charge is 0.394 e. The molecule has 0 amide bonds. The first-order valence-corrected chi connectivity index (χ1v) is 13.5. The van der Waals surface area contributed by atoms with E-state index in [0.717, 1.165) is 38.7 Å². The molecule has 11 nitrogen and oxygen atoms in total. The van der Waals surface area contributed by atoms with Gasteiger partial charge >= 0.3 is 6.18 Å². The summed E-state index contributed by atoms with van der Waals surface area (Å²) in [6.45, 7) is 0.801. The van der Waals surface area contributed by atoms with Crippen molar-refractivity contribution in [3.05, 3.63) is 70.3 Å². The molecular formula is C25H21ClF3N7O4S. The highest BCUT2D eigenvalue weighted by Gasteiger charge is 2.49. The number of hydrogen-bond donors (Lipinski definition) is 3. The van der Waals surface area contributed by atoms with E-state index in [1.54, 1.807) is 11.6 Å². The highest BCUT2D eigenvalue weighted by atomic mass is 35.5. The van der Waals surface area contributed by atoms with Gasteiger partial charge < -0.3 is 20.1 Å². The molecule has 6 rings (SSSR count). The zero-order chi connectivity index (χ0) is 29.1. The SMILES string of the molecule is Cc1nc([C@@H]2O[C@H](CO)[C@H](O)[C@H](n3cc(-c4ccc5ncsc5c4)nn3)[C@H]2O)n(-c2cc(Cl)ccc2C(F)(F)F)n1. The van der Waals surface area contributed by atoms with Crippen molar-refractivity contribution >= 4 is 33.2 Å². The van der Waals surface area contributed by atoms with Crippen LogP contribution in [0.25, 0.3) is 27.2 Å². The molecule has 1 aliphatic rings. The van der Waals surface area contributed by atoms with Crippen LogP contribution in [0.2, 0.25) is 5.02 Å². The topological polar surface area (TPSA) is 144 Å². The lowest BCUT2D eigenvalue weighted by Gasteiger charge is -2.41. The van der Waals surface area contributed by atoms with Crippen LogP contribution < -0.4 is 0 Å². The van der Waals surface area contributed by atoms with Gasteiger partial charge in [0.05, 0.1) is 39.8 Å². The van der Waals surface area contributed by atoms with E-state index in [2.05, 4.69) is 25.4 Å². The predicted molar refractivity (Wildman–Crippen MR) is 140 cm³/mol. The fourth-order valence-corrected chi connectivity index (χ4v) is 5.79. The summed E-state index contributed by atoms with van der Waals surface area (Å²) in [6, 6.07) is 7.30. The number of alkyl halides is 3. The third-order valence-corrected chi connectivity index (χ3v) is 7.85. The number of nitrogens with zero attached hydrogens (tertiary/aromatic N) is 7. The van der Waals surface area contributed by atoms with E-state index >= 15 is 0 Å². The Morgan fingerprint density at radius 3 is 2.68 bits per heavy atom.